The second-order valence-corrected chi connectivity index (χ2v) is 5.35. The van der Waals surface area contributed by atoms with E-state index < -0.39 is 0 Å². The Morgan fingerprint density at radius 3 is 2.74 bits per heavy atom. The number of furan rings is 1. The van der Waals surface area contributed by atoms with Gasteiger partial charge in [0.25, 0.3) is 0 Å². The SMILES string of the molecule is CCNC(Cc1cc(F)ccc1Br)c1ccc(C)o1. The van der Waals surface area contributed by atoms with E-state index >= 15 is 0 Å². The summed E-state index contributed by atoms with van der Waals surface area (Å²) in [6.07, 6.45) is 0.680. The summed E-state index contributed by atoms with van der Waals surface area (Å²) in [6, 6.07) is 8.71. The van der Waals surface area contributed by atoms with Gasteiger partial charge in [0.1, 0.15) is 17.3 Å². The molecule has 19 heavy (non-hydrogen) atoms. The maximum Gasteiger partial charge on any atom is 0.123 e. The van der Waals surface area contributed by atoms with Crippen molar-refractivity contribution in [2.24, 2.45) is 0 Å². The van der Waals surface area contributed by atoms with Gasteiger partial charge in [-0.15, -0.1) is 0 Å². The van der Waals surface area contributed by atoms with Crippen molar-refractivity contribution in [3.63, 3.8) is 0 Å². The summed E-state index contributed by atoms with van der Waals surface area (Å²) in [7, 11) is 0. The zero-order valence-corrected chi connectivity index (χ0v) is 12.6. The van der Waals surface area contributed by atoms with Gasteiger partial charge in [0.05, 0.1) is 6.04 Å². The van der Waals surface area contributed by atoms with E-state index in [0.29, 0.717) is 6.42 Å². The maximum atomic E-state index is 13.3. The minimum atomic E-state index is -0.218. The highest BCUT2D eigenvalue weighted by molar-refractivity contribution is 9.10. The van der Waals surface area contributed by atoms with Crippen LogP contribution in [0.3, 0.4) is 0 Å². The van der Waals surface area contributed by atoms with Gasteiger partial charge in [0.2, 0.25) is 0 Å². The summed E-state index contributed by atoms with van der Waals surface area (Å²) in [5.41, 5.74) is 0.931. The predicted molar refractivity (Wildman–Crippen MR) is 77.7 cm³/mol. The number of hydrogen-bond donors (Lipinski definition) is 1. The third-order valence-corrected chi connectivity index (χ3v) is 3.76. The third kappa shape index (κ3) is 3.67. The number of likely N-dealkylation sites (N-methyl/N-ethyl adjacent to an activating group) is 1. The molecule has 0 amide bonds. The van der Waals surface area contributed by atoms with Gasteiger partial charge >= 0.3 is 0 Å². The molecule has 1 atom stereocenters. The van der Waals surface area contributed by atoms with Crippen molar-refractivity contribution < 1.29 is 8.81 Å². The lowest BCUT2D eigenvalue weighted by Crippen LogP contribution is -2.22. The minimum absolute atomic E-state index is 0.0526. The van der Waals surface area contributed by atoms with Gasteiger partial charge in [-0.2, -0.15) is 0 Å². The van der Waals surface area contributed by atoms with E-state index in [1.807, 2.05) is 26.0 Å². The van der Waals surface area contributed by atoms with Crippen molar-refractivity contribution in [2.75, 3.05) is 6.54 Å². The predicted octanol–water partition coefficient (Wildman–Crippen LogP) is 4.38. The quantitative estimate of drug-likeness (QED) is 0.882. The monoisotopic (exact) mass is 325 g/mol. The first kappa shape index (κ1) is 14.3. The average molecular weight is 326 g/mol. The van der Waals surface area contributed by atoms with Crippen molar-refractivity contribution in [1.29, 1.82) is 0 Å². The molecule has 2 nitrogen and oxygen atoms in total. The van der Waals surface area contributed by atoms with Crippen LogP contribution in [0.25, 0.3) is 0 Å². The molecule has 0 fully saturated rings. The molecule has 2 rings (SSSR count). The van der Waals surface area contributed by atoms with Crippen molar-refractivity contribution in [1.82, 2.24) is 5.32 Å². The van der Waals surface area contributed by atoms with Crippen LogP contribution in [-0.4, -0.2) is 6.54 Å². The Hall–Kier alpha value is -1.13. The first-order valence-corrected chi connectivity index (χ1v) is 7.13. The molecule has 102 valence electrons. The summed E-state index contributed by atoms with van der Waals surface area (Å²) in [5, 5.41) is 3.37. The van der Waals surface area contributed by atoms with Crippen LogP contribution in [0, 0.1) is 12.7 Å². The summed E-state index contributed by atoms with van der Waals surface area (Å²) in [5.74, 6) is 1.55. The molecule has 1 N–H and O–H groups in total. The van der Waals surface area contributed by atoms with Crippen LogP contribution in [0.4, 0.5) is 4.39 Å². The second kappa shape index (κ2) is 6.35. The molecule has 0 spiro atoms. The van der Waals surface area contributed by atoms with Gasteiger partial charge in [-0.1, -0.05) is 22.9 Å². The molecule has 0 saturated carbocycles. The number of hydrogen-bond acceptors (Lipinski definition) is 2. The third-order valence-electron chi connectivity index (χ3n) is 2.99. The Morgan fingerprint density at radius 2 is 2.11 bits per heavy atom. The number of rotatable bonds is 5. The van der Waals surface area contributed by atoms with Crippen molar-refractivity contribution in [2.45, 2.75) is 26.3 Å². The number of benzene rings is 1. The van der Waals surface area contributed by atoms with Crippen LogP contribution in [0.5, 0.6) is 0 Å². The molecule has 0 aliphatic rings. The Balaban J connectivity index is 2.23. The lowest BCUT2D eigenvalue weighted by Gasteiger charge is -2.16. The Labute approximate surface area is 121 Å². The summed E-state index contributed by atoms with van der Waals surface area (Å²) in [6.45, 7) is 4.80. The molecule has 0 saturated heterocycles. The van der Waals surface area contributed by atoms with Gasteiger partial charge in [-0.3, -0.25) is 0 Å². The molecular formula is C15H17BrFNO. The lowest BCUT2D eigenvalue weighted by atomic mass is 10.0. The Kier molecular flexibility index (Phi) is 4.77. The molecule has 1 aromatic heterocycles. The zero-order valence-electron chi connectivity index (χ0n) is 11.0. The molecular weight excluding hydrogens is 309 g/mol. The fourth-order valence-electron chi connectivity index (χ4n) is 2.08. The fourth-order valence-corrected chi connectivity index (χ4v) is 2.49. The molecule has 0 aliphatic carbocycles. The molecule has 1 heterocycles. The zero-order chi connectivity index (χ0) is 13.8. The topological polar surface area (TPSA) is 25.2 Å². The first-order chi connectivity index (χ1) is 9.10. The number of aryl methyl sites for hydroxylation is 1. The van der Waals surface area contributed by atoms with Gasteiger partial charge in [0, 0.05) is 4.47 Å². The minimum Gasteiger partial charge on any atom is -0.465 e. The van der Waals surface area contributed by atoms with Crippen LogP contribution in [0.15, 0.2) is 39.2 Å². The van der Waals surface area contributed by atoms with E-state index in [1.54, 1.807) is 12.1 Å². The molecule has 0 aliphatic heterocycles. The Bertz CT molecular complexity index is 553. The van der Waals surface area contributed by atoms with Gasteiger partial charge in [-0.25, -0.2) is 4.39 Å². The van der Waals surface area contributed by atoms with Crippen LogP contribution in [0.1, 0.15) is 30.0 Å². The summed E-state index contributed by atoms with van der Waals surface area (Å²) < 4.78 is 19.9. The lowest BCUT2D eigenvalue weighted by molar-refractivity contribution is 0.403. The average Bonchev–Trinajstić information content (AvgIpc) is 2.80. The van der Waals surface area contributed by atoms with E-state index in [0.717, 1.165) is 28.1 Å². The van der Waals surface area contributed by atoms with Crippen LogP contribution in [0.2, 0.25) is 0 Å². The largest absolute Gasteiger partial charge is 0.465 e. The van der Waals surface area contributed by atoms with E-state index in [9.17, 15) is 4.39 Å². The fraction of sp³-hybridized carbons (Fsp3) is 0.333. The molecule has 0 radical (unpaired) electrons. The van der Waals surface area contributed by atoms with Crippen LogP contribution >= 0.6 is 15.9 Å². The maximum absolute atomic E-state index is 13.3. The van der Waals surface area contributed by atoms with Crippen LogP contribution in [-0.2, 0) is 6.42 Å². The molecule has 0 bridgehead atoms. The number of nitrogens with one attached hydrogen (secondary N) is 1. The molecule has 4 heteroatoms. The smallest absolute Gasteiger partial charge is 0.123 e. The van der Waals surface area contributed by atoms with Crippen molar-refractivity contribution in [3.8, 4) is 0 Å². The van der Waals surface area contributed by atoms with Gasteiger partial charge in [-0.05, 0) is 55.8 Å². The van der Waals surface area contributed by atoms with E-state index in [-0.39, 0.29) is 11.9 Å². The highest BCUT2D eigenvalue weighted by atomic mass is 79.9. The molecule has 2 aromatic rings. The van der Waals surface area contributed by atoms with Gasteiger partial charge in [0.15, 0.2) is 0 Å². The highest BCUT2D eigenvalue weighted by Crippen LogP contribution is 2.25. The summed E-state index contributed by atoms with van der Waals surface area (Å²) in [4.78, 5) is 0. The van der Waals surface area contributed by atoms with Gasteiger partial charge < -0.3 is 9.73 Å². The van der Waals surface area contributed by atoms with Crippen molar-refractivity contribution >= 4 is 15.9 Å². The molecule has 1 aromatic carbocycles. The Morgan fingerprint density at radius 1 is 1.32 bits per heavy atom. The van der Waals surface area contributed by atoms with E-state index in [4.69, 9.17) is 4.42 Å². The molecule has 1 unspecified atom stereocenters. The first-order valence-electron chi connectivity index (χ1n) is 6.33. The van der Waals surface area contributed by atoms with Crippen molar-refractivity contribution in [3.05, 3.63) is 57.7 Å². The van der Waals surface area contributed by atoms with E-state index in [1.165, 1.54) is 6.07 Å². The second-order valence-electron chi connectivity index (χ2n) is 4.50. The highest BCUT2D eigenvalue weighted by Gasteiger charge is 2.16. The standard InChI is InChI=1S/C15H17BrFNO/c1-3-18-14(15-7-4-10(2)19-15)9-11-8-12(17)5-6-13(11)16/h4-8,14,18H,3,9H2,1-2H3. The van der Waals surface area contributed by atoms with E-state index in [2.05, 4.69) is 21.2 Å². The van der Waals surface area contributed by atoms with Crippen LogP contribution < -0.4 is 5.32 Å². The summed E-state index contributed by atoms with van der Waals surface area (Å²) >= 11 is 3.46. The normalized spacial score (nSPS) is 12.6. The number of halogens is 2.